The largest absolute Gasteiger partial charge is 0.480 e. The lowest BCUT2D eigenvalue weighted by Crippen LogP contribution is -2.47. The lowest BCUT2D eigenvalue weighted by atomic mass is 10.1. The van der Waals surface area contributed by atoms with Crippen molar-refractivity contribution in [3.05, 3.63) is 30.1 Å². The fourth-order valence-corrected chi connectivity index (χ4v) is 1.91. The summed E-state index contributed by atoms with van der Waals surface area (Å²) < 4.78 is 12.6. The van der Waals surface area contributed by atoms with E-state index < -0.39 is 11.5 Å². The molecule has 0 fully saturated rings. The van der Waals surface area contributed by atoms with Crippen molar-refractivity contribution in [3.8, 4) is 0 Å². The number of aliphatic carboxylic acids is 1. The fraction of sp³-hybridized carbons (Fsp3) is 0.417. The Hall–Kier alpha value is -1.07. The van der Waals surface area contributed by atoms with E-state index >= 15 is 0 Å². The normalized spacial score (nSPS) is 11.5. The first-order valence-corrected chi connectivity index (χ1v) is 6.27. The number of nitrogens with one attached hydrogen (secondary N) is 1. The molecule has 0 aliphatic carbocycles. The number of carbonyl (C=O) groups is 1. The Balaban J connectivity index is 2.29. The molecule has 0 atom stereocenters. The Kier molecular flexibility index (Phi) is 4.96. The van der Waals surface area contributed by atoms with Gasteiger partial charge in [0.2, 0.25) is 0 Å². The molecule has 0 saturated heterocycles. The quantitative estimate of drug-likeness (QED) is 0.607. The van der Waals surface area contributed by atoms with Crippen molar-refractivity contribution >= 4 is 17.7 Å². The second kappa shape index (κ2) is 6.02. The Morgan fingerprint density at radius 3 is 2.53 bits per heavy atom. The maximum absolute atomic E-state index is 12.6. The summed E-state index contributed by atoms with van der Waals surface area (Å²) in [4.78, 5) is 11.8. The zero-order valence-electron chi connectivity index (χ0n) is 9.87. The molecule has 5 heteroatoms. The van der Waals surface area contributed by atoms with Crippen LogP contribution < -0.4 is 5.32 Å². The smallest absolute Gasteiger partial charge is 0.323 e. The molecule has 0 aromatic heterocycles. The predicted octanol–water partition coefficient (Wildman–Crippen LogP) is 2.37. The first-order chi connectivity index (χ1) is 7.92. The van der Waals surface area contributed by atoms with Gasteiger partial charge in [-0.05, 0) is 38.1 Å². The summed E-state index contributed by atoms with van der Waals surface area (Å²) in [5.74, 6) is -0.383. The molecule has 94 valence electrons. The molecule has 0 saturated carbocycles. The molecule has 3 nitrogen and oxygen atoms in total. The van der Waals surface area contributed by atoms with Gasteiger partial charge in [-0.2, -0.15) is 0 Å². The molecule has 0 aliphatic heterocycles. The number of rotatable bonds is 6. The monoisotopic (exact) mass is 257 g/mol. The molecule has 0 unspecified atom stereocenters. The van der Waals surface area contributed by atoms with Crippen molar-refractivity contribution in [2.45, 2.75) is 24.3 Å². The summed E-state index contributed by atoms with van der Waals surface area (Å²) in [6, 6.07) is 6.25. The van der Waals surface area contributed by atoms with Crippen LogP contribution in [0.15, 0.2) is 29.2 Å². The fourth-order valence-electron chi connectivity index (χ4n) is 1.14. The van der Waals surface area contributed by atoms with Crippen molar-refractivity contribution in [1.29, 1.82) is 0 Å². The second-order valence-electron chi connectivity index (χ2n) is 4.16. The lowest BCUT2D eigenvalue weighted by molar-refractivity contribution is -0.143. The lowest BCUT2D eigenvalue weighted by Gasteiger charge is -2.20. The van der Waals surface area contributed by atoms with Crippen molar-refractivity contribution < 1.29 is 14.3 Å². The number of benzene rings is 1. The first-order valence-electron chi connectivity index (χ1n) is 5.28. The van der Waals surface area contributed by atoms with Gasteiger partial charge in [0.05, 0.1) is 0 Å². The maximum atomic E-state index is 12.6. The summed E-state index contributed by atoms with van der Waals surface area (Å²) in [5, 5.41) is 11.8. The van der Waals surface area contributed by atoms with E-state index in [0.29, 0.717) is 6.54 Å². The van der Waals surface area contributed by atoms with E-state index in [0.717, 1.165) is 10.6 Å². The molecule has 0 aliphatic rings. The molecular formula is C12H16FNO2S. The minimum atomic E-state index is -0.913. The van der Waals surface area contributed by atoms with Crippen LogP contribution in [0.25, 0.3) is 0 Å². The van der Waals surface area contributed by atoms with Crippen LogP contribution in [0.3, 0.4) is 0 Å². The molecular weight excluding hydrogens is 241 g/mol. The van der Waals surface area contributed by atoms with Crippen LogP contribution >= 0.6 is 11.8 Å². The van der Waals surface area contributed by atoms with E-state index in [2.05, 4.69) is 5.32 Å². The Morgan fingerprint density at radius 2 is 2.00 bits per heavy atom. The van der Waals surface area contributed by atoms with Crippen LogP contribution in [0, 0.1) is 5.82 Å². The summed E-state index contributed by atoms with van der Waals surface area (Å²) in [5.41, 5.74) is -0.913. The molecule has 0 heterocycles. The van der Waals surface area contributed by atoms with Crippen LogP contribution in [0.5, 0.6) is 0 Å². The summed E-state index contributed by atoms with van der Waals surface area (Å²) in [6.45, 7) is 3.83. The van der Waals surface area contributed by atoms with Gasteiger partial charge in [0.1, 0.15) is 11.4 Å². The number of thioether (sulfide) groups is 1. The maximum Gasteiger partial charge on any atom is 0.323 e. The minimum Gasteiger partial charge on any atom is -0.480 e. The number of carboxylic acids is 1. The van der Waals surface area contributed by atoms with Gasteiger partial charge in [0.25, 0.3) is 0 Å². The highest BCUT2D eigenvalue weighted by atomic mass is 32.2. The van der Waals surface area contributed by atoms with Gasteiger partial charge in [-0.3, -0.25) is 4.79 Å². The number of halogens is 1. The van der Waals surface area contributed by atoms with Gasteiger partial charge in [-0.15, -0.1) is 11.8 Å². The molecule has 1 aromatic rings. The van der Waals surface area contributed by atoms with E-state index in [4.69, 9.17) is 5.11 Å². The van der Waals surface area contributed by atoms with Crippen molar-refractivity contribution in [1.82, 2.24) is 5.32 Å². The van der Waals surface area contributed by atoms with Crippen molar-refractivity contribution in [3.63, 3.8) is 0 Å². The van der Waals surface area contributed by atoms with Crippen LogP contribution in [-0.4, -0.2) is 28.9 Å². The van der Waals surface area contributed by atoms with E-state index in [-0.39, 0.29) is 5.82 Å². The molecule has 0 bridgehead atoms. The number of hydrogen-bond donors (Lipinski definition) is 2. The SMILES string of the molecule is CC(C)(NCCSc1ccc(F)cc1)C(=O)O. The number of carboxylic acid groups (broad SMARTS) is 1. The zero-order valence-corrected chi connectivity index (χ0v) is 10.7. The summed E-state index contributed by atoms with van der Waals surface area (Å²) >= 11 is 1.56. The van der Waals surface area contributed by atoms with Gasteiger partial charge in [0, 0.05) is 17.2 Å². The van der Waals surface area contributed by atoms with Crippen molar-refractivity contribution in [2.24, 2.45) is 0 Å². The number of hydrogen-bond acceptors (Lipinski definition) is 3. The predicted molar refractivity (Wildman–Crippen MR) is 66.8 cm³/mol. The van der Waals surface area contributed by atoms with Gasteiger partial charge >= 0.3 is 5.97 Å². The van der Waals surface area contributed by atoms with Gasteiger partial charge in [0.15, 0.2) is 0 Å². The third kappa shape index (κ3) is 4.75. The molecule has 0 radical (unpaired) electrons. The second-order valence-corrected chi connectivity index (χ2v) is 5.33. The van der Waals surface area contributed by atoms with Crippen LogP contribution in [0.2, 0.25) is 0 Å². The van der Waals surface area contributed by atoms with Crippen molar-refractivity contribution in [2.75, 3.05) is 12.3 Å². The average molecular weight is 257 g/mol. The highest BCUT2D eigenvalue weighted by Gasteiger charge is 2.25. The summed E-state index contributed by atoms with van der Waals surface area (Å²) in [6.07, 6.45) is 0. The molecule has 1 rings (SSSR count). The van der Waals surface area contributed by atoms with E-state index in [1.54, 1.807) is 37.7 Å². The van der Waals surface area contributed by atoms with Gasteiger partial charge < -0.3 is 10.4 Å². The topological polar surface area (TPSA) is 49.3 Å². The molecule has 17 heavy (non-hydrogen) atoms. The molecule has 0 spiro atoms. The zero-order chi connectivity index (χ0) is 12.9. The van der Waals surface area contributed by atoms with Crippen LogP contribution in [0.1, 0.15) is 13.8 Å². The standard InChI is InChI=1S/C12H16FNO2S/c1-12(2,11(15)16)14-7-8-17-10-5-3-9(13)4-6-10/h3-6,14H,7-8H2,1-2H3,(H,15,16). The molecule has 1 aromatic carbocycles. The Labute approximate surface area is 104 Å². The van der Waals surface area contributed by atoms with E-state index in [1.807, 2.05) is 0 Å². The third-order valence-corrected chi connectivity index (χ3v) is 3.30. The summed E-state index contributed by atoms with van der Waals surface area (Å²) in [7, 11) is 0. The Morgan fingerprint density at radius 1 is 1.41 bits per heavy atom. The molecule has 2 N–H and O–H groups in total. The van der Waals surface area contributed by atoms with Gasteiger partial charge in [-0.1, -0.05) is 0 Å². The minimum absolute atomic E-state index is 0.250. The highest BCUT2D eigenvalue weighted by Crippen LogP contribution is 2.17. The van der Waals surface area contributed by atoms with Crippen LogP contribution in [-0.2, 0) is 4.79 Å². The average Bonchev–Trinajstić information content (AvgIpc) is 2.26. The first kappa shape index (κ1) is 14.0. The Bertz CT molecular complexity index is 379. The molecule has 0 amide bonds. The van der Waals surface area contributed by atoms with E-state index in [1.165, 1.54) is 12.1 Å². The van der Waals surface area contributed by atoms with E-state index in [9.17, 15) is 9.18 Å². The highest BCUT2D eigenvalue weighted by molar-refractivity contribution is 7.99. The van der Waals surface area contributed by atoms with Gasteiger partial charge in [-0.25, -0.2) is 4.39 Å². The van der Waals surface area contributed by atoms with Crippen LogP contribution in [0.4, 0.5) is 4.39 Å². The third-order valence-electron chi connectivity index (χ3n) is 2.29.